The molecule has 1 fully saturated rings. The van der Waals surface area contributed by atoms with E-state index in [1.807, 2.05) is 41.5 Å². The number of nitrogens with zero attached hydrogens (tertiary/aromatic N) is 3. The summed E-state index contributed by atoms with van der Waals surface area (Å²) < 4.78 is 74.6. The average Bonchev–Trinajstić information content (AvgIpc) is 3.46. The number of anilines is 3. The van der Waals surface area contributed by atoms with E-state index >= 15 is 0 Å². The maximum absolute atomic E-state index is 15.0. The summed E-state index contributed by atoms with van der Waals surface area (Å²) >= 11 is -4.27. The summed E-state index contributed by atoms with van der Waals surface area (Å²) in [7, 11) is 15.2. The van der Waals surface area contributed by atoms with Crippen molar-refractivity contribution < 1.29 is 43.5 Å². The zero-order chi connectivity index (χ0) is 37.7. The molecule has 0 aliphatic carbocycles. The van der Waals surface area contributed by atoms with Crippen molar-refractivity contribution in [1.29, 1.82) is 0 Å². The van der Waals surface area contributed by atoms with Gasteiger partial charge in [0.05, 0.1) is 0 Å². The van der Waals surface area contributed by atoms with Gasteiger partial charge in [0.1, 0.15) is 0 Å². The van der Waals surface area contributed by atoms with Crippen molar-refractivity contribution in [3.63, 3.8) is 0 Å². The molecule has 1 aliphatic rings. The molecule has 5 rings (SSSR count). The summed E-state index contributed by atoms with van der Waals surface area (Å²) in [5, 5.41) is 0.523. The van der Waals surface area contributed by atoms with Crippen molar-refractivity contribution in [2.75, 3.05) is 28.0 Å². The Balaban J connectivity index is 1.81. The third-order valence-electron chi connectivity index (χ3n) is 8.32. The molecule has 1 amide bonds. The van der Waals surface area contributed by atoms with Gasteiger partial charge in [-0.3, -0.25) is 0 Å². The number of amides is 1. The molecule has 1 heterocycles. The standard InChI is InChI=1S/C21H26N2.C17H12F5NO2.2ClH.Ru/c1-14-9-16(3)20(17(4)10-14)22-7-8-23(13-22)21-18(5)11-15(2)12-19(21)6;1-8(2)25-23(10-7-5-4-6-9(10)3)17(24)11-12(18)14(20)16(22)15(21)13(11)19;;;/h9-12H,7-8H2,1-6H3;3-8H,1-2H3;2*1H;/q;;;;+2/p-2. The van der Waals surface area contributed by atoms with E-state index in [1.165, 1.54) is 26.0 Å². The van der Waals surface area contributed by atoms with Gasteiger partial charge in [0.2, 0.25) is 0 Å². The van der Waals surface area contributed by atoms with Gasteiger partial charge in [-0.15, -0.1) is 0 Å². The van der Waals surface area contributed by atoms with Gasteiger partial charge in [0, 0.05) is 0 Å². The molecule has 274 valence electrons. The number of para-hydroxylation sites is 1. The Morgan fingerprint density at radius 1 is 0.745 bits per heavy atom. The predicted molar refractivity (Wildman–Crippen MR) is 194 cm³/mol. The fourth-order valence-corrected chi connectivity index (χ4v) is 12.7. The summed E-state index contributed by atoms with van der Waals surface area (Å²) in [5.74, 6) is -13.1. The Hall–Kier alpha value is -3.50. The molecular weight excluding hydrogens is 797 g/mol. The van der Waals surface area contributed by atoms with Gasteiger partial charge in [-0.1, -0.05) is 0 Å². The van der Waals surface area contributed by atoms with Gasteiger partial charge < -0.3 is 0 Å². The second kappa shape index (κ2) is 14.9. The third-order valence-corrected chi connectivity index (χ3v) is 13.8. The first-order valence-electron chi connectivity index (χ1n) is 16.0. The van der Waals surface area contributed by atoms with Crippen molar-refractivity contribution >= 4 is 51.3 Å². The zero-order valence-electron chi connectivity index (χ0n) is 29.3. The van der Waals surface area contributed by atoms with Crippen LogP contribution in [0.1, 0.15) is 63.1 Å². The topological polar surface area (TPSA) is 36.0 Å². The van der Waals surface area contributed by atoms with E-state index < -0.39 is 58.6 Å². The van der Waals surface area contributed by atoms with Crippen LogP contribution in [0.5, 0.6) is 0 Å². The number of rotatable bonds is 7. The van der Waals surface area contributed by atoms with Crippen LogP contribution < -0.4 is 14.9 Å². The van der Waals surface area contributed by atoms with Crippen LogP contribution in [0.4, 0.5) is 39.0 Å². The number of hydrogen-bond donors (Lipinski definition) is 0. The van der Waals surface area contributed by atoms with Crippen LogP contribution in [0, 0.1) is 70.6 Å². The Morgan fingerprint density at radius 3 is 1.59 bits per heavy atom. The van der Waals surface area contributed by atoms with Crippen molar-refractivity contribution in [1.82, 2.24) is 0 Å². The minimum absolute atomic E-state index is 0.0613. The fourth-order valence-electron chi connectivity index (χ4n) is 6.64. The molecule has 0 spiro atoms. The molecule has 4 aromatic rings. The summed E-state index contributed by atoms with van der Waals surface area (Å²) in [6.45, 7) is 16.4. The van der Waals surface area contributed by atoms with Gasteiger partial charge in [0.15, 0.2) is 0 Å². The molecule has 0 aromatic heterocycles. The van der Waals surface area contributed by atoms with Gasteiger partial charge in [0.25, 0.3) is 0 Å². The van der Waals surface area contributed by atoms with Crippen LogP contribution in [-0.2, 0) is 16.7 Å². The van der Waals surface area contributed by atoms with Crippen LogP contribution in [0.3, 0.4) is 0 Å². The number of halogens is 7. The summed E-state index contributed by atoms with van der Waals surface area (Å²) in [6.07, 6.45) is -0.768. The second-order valence-electron chi connectivity index (χ2n) is 12.9. The molecule has 1 aliphatic heterocycles. The van der Waals surface area contributed by atoms with E-state index in [0.29, 0.717) is 22.5 Å². The Labute approximate surface area is 305 Å². The number of carbonyl (C=O) groups is 1. The van der Waals surface area contributed by atoms with Crippen molar-refractivity contribution in [2.24, 2.45) is 0 Å². The van der Waals surface area contributed by atoms with Gasteiger partial charge in [-0.2, -0.15) is 0 Å². The number of hydrogen-bond acceptors (Lipinski definition) is 4. The molecule has 0 N–H and O–H groups in total. The van der Waals surface area contributed by atoms with E-state index in [4.69, 9.17) is 24.2 Å². The number of benzene rings is 4. The first-order valence-corrected chi connectivity index (χ1v) is 22.4. The fraction of sp³-hybridized carbons (Fsp3) is 0.289. The van der Waals surface area contributed by atoms with Gasteiger partial charge in [-0.05, 0) is 0 Å². The van der Waals surface area contributed by atoms with E-state index in [1.54, 1.807) is 16.7 Å². The van der Waals surface area contributed by atoms with Gasteiger partial charge in [-0.25, -0.2) is 0 Å². The average molecular weight is 836 g/mol. The van der Waals surface area contributed by atoms with Crippen LogP contribution in [0.2, 0.25) is 0 Å². The molecular formula is C38H38Cl2F5N3O2Ru. The molecule has 51 heavy (non-hydrogen) atoms. The molecule has 5 nitrogen and oxygen atoms in total. The Kier molecular flexibility index (Phi) is 11.3. The number of hydroxylamine groups is 1. The molecule has 0 atom stereocenters. The quantitative estimate of drug-likeness (QED) is 0.0611. The van der Waals surface area contributed by atoms with E-state index in [2.05, 4.69) is 34.1 Å². The summed E-state index contributed by atoms with van der Waals surface area (Å²) in [5.41, 5.74) is 6.75. The molecule has 0 saturated carbocycles. The number of carbonyl (C=O) groups excluding carboxylic acids is 1. The normalized spacial score (nSPS) is 13.8. The molecule has 13 heteroatoms. The minimum atomic E-state index is -4.27. The van der Waals surface area contributed by atoms with Crippen LogP contribution in [0.15, 0.2) is 48.5 Å². The first kappa shape index (κ1) is 38.7. The van der Waals surface area contributed by atoms with Gasteiger partial charge >= 0.3 is 306 Å². The molecule has 1 saturated heterocycles. The number of aryl methyl sites for hydroxylation is 6. The monoisotopic (exact) mass is 835 g/mol. The first-order chi connectivity index (χ1) is 23.8. The van der Waals surface area contributed by atoms with Crippen LogP contribution in [-0.4, -0.2) is 34.1 Å². The van der Waals surface area contributed by atoms with E-state index in [0.717, 1.165) is 44.8 Å². The summed E-state index contributed by atoms with van der Waals surface area (Å²) in [4.78, 5) is 23.8. The van der Waals surface area contributed by atoms with E-state index in [9.17, 15) is 26.7 Å². The zero-order valence-corrected chi connectivity index (χ0v) is 32.6. The SMILES string of the molecule is Cc1cc(C)c(N2CCN(c3c(C)cc(C)cc3C)[C]2=[Ru]([Cl])([Cl])=[CH]c2ccccc2N(OC(C)C)C(=O)c2c(F)c(F)c(F)c(F)c2F)c(C)c1. The molecule has 0 unspecified atom stereocenters. The van der Waals surface area contributed by atoms with E-state index in [-0.39, 0.29) is 11.3 Å². The Morgan fingerprint density at radius 2 is 1.16 bits per heavy atom. The molecule has 0 bridgehead atoms. The van der Waals surface area contributed by atoms with Crippen molar-refractivity contribution in [3.05, 3.63) is 122 Å². The van der Waals surface area contributed by atoms with Crippen LogP contribution >= 0.6 is 19.4 Å². The summed E-state index contributed by atoms with van der Waals surface area (Å²) in [6, 6.07) is 14.5. The third kappa shape index (κ3) is 7.41. The Bertz CT molecular complexity index is 2050. The van der Waals surface area contributed by atoms with Crippen LogP contribution in [0.25, 0.3) is 0 Å². The van der Waals surface area contributed by atoms with Crippen molar-refractivity contribution in [3.8, 4) is 0 Å². The second-order valence-corrected chi connectivity index (χ2v) is 22.1. The predicted octanol–water partition coefficient (Wildman–Crippen LogP) is 9.95. The maximum atomic E-state index is 15.0. The molecule has 4 aromatic carbocycles. The molecule has 0 radical (unpaired) electrons. The van der Waals surface area contributed by atoms with Crippen molar-refractivity contribution in [2.45, 2.75) is 61.5 Å².